The van der Waals surface area contributed by atoms with Gasteiger partial charge in [0.1, 0.15) is 12.2 Å². The minimum Gasteiger partial charge on any atom is -0.458 e. The lowest BCUT2D eigenvalue weighted by molar-refractivity contribution is -0.179. The van der Waals surface area contributed by atoms with Crippen LogP contribution in [0.1, 0.15) is 33.3 Å². The molecule has 0 spiro atoms. The first kappa shape index (κ1) is 18.6. The Bertz CT molecular complexity index is 424. The fraction of sp³-hybridized carbons (Fsp3) is 0.588. The first-order valence-electron chi connectivity index (χ1n) is 7.43. The quantitative estimate of drug-likeness (QED) is 0.399. The molecule has 0 fully saturated rings. The second-order valence-corrected chi connectivity index (χ2v) is 5.87. The van der Waals surface area contributed by atoms with Crippen molar-refractivity contribution < 1.29 is 23.7 Å². The first-order chi connectivity index (χ1) is 10.4. The highest BCUT2D eigenvalue weighted by atomic mass is 16.7. The molecule has 1 aromatic carbocycles. The van der Waals surface area contributed by atoms with Crippen molar-refractivity contribution >= 4 is 5.97 Å². The van der Waals surface area contributed by atoms with E-state index in [9.17, 15) is 4.79 Å². The Kier molecular flexibility index (Phi) is 8.09. The number of esters is 1. The molecule has 5 heteroatoms. The smallest absolute Gasteiger partial charge is 0.332 e. The molecule has 1 rings (SSSR count). The lowest BCUT2D eigenvalue weighted by Gasteiger charge is -2.20. The molecule has 0 aliphatic rings. The molecule has 0 bridgehead atoms. The van der Waals surface area contributed by atoms with Gasteiger partial charge >= 0.3 is 5.97 Å². The standard InChI is InChI=1S/C17H26O5/c1-14(21-13-16(18)22-17(2,3)4)20-11-10-19-12-15-8-6-5-7-9-15/h5-9,14H,10-13H2,1-4H3. The van der Waals surface area contributed by atoms with E-state index in [1.165, 1.54) is 0 Å². The third-order valence-electron chi connectivity index (χ3n) is 2.55. The van der Waals surface area contributed by atoms with Gasteiger partial charge in [-0.3, -0.25) is 0 Å². The molecule has 1 atom stereocenters. The van der Waals surface area contributed by atoms with Crippen molar-refractivity contribution in [2.24, 2.45) is 0 Å². The van der Waals surface area contributed by atoms with Gasteiger partial charge in [0.2, 0.25) is 0 Å². The Morgan fingerprint density at radius 1 is 1.09 bits per heavy atom. The topological polar surface area (TPSA) is 54.0 Å². The number of ether oxygens (including phenoxy) is 4. The molecule has 0 heterocycles. The molecule has 22 heavy (non-hydrogen) atoms. The maximum atomic E-state index is 11.5. The molecule has 124 valence electrons. The summed E-state index contributed by atoms with van der Waals surface area (Å²) < 4.78 is 21.3. The van der Waals surface area contributed by atoms with E-state index in [0.29, 0.717) is 19.8 Å². The number of hydrogen-bond donors (Lipinski definition) is 0. The zero-order valence-electron chi connectivity index (χ0n) is 13.8. The van der Waals surface area contributed by atoms with Crippen LogP contribution in [0.5, 0.6) is 0 Å². The lowest BCUT2D eigenvalue weighted by atomic mass is 10.2. The van der Waals surface area contributed by atoms with Crippen LogP contribution in [-0.2, 0) is 30.3 Å². The van der Waals surface area contributed by atoms with Crippen molar-refractivity contribution in [3.63, 3.8) is 0 Å². The van der Waals surface area contributed by atoms with E-state index in [1.54, 1.807) is 6.92 Å². The van der Waals surface area contributed by atoms with Crippen LogP contribution >= 0.6 is 0 Å². The van der Waals surface area contributed by atoms with Gasteiger partial charge in [-0.15, -0.1) is 0 Å². The average Bonchev–Trinajstić information content (AvgIpc) is 2.44. The van der Waals surface area contributed by atoms with E-state index in [2.05, 4.69) is 0 Å². The normalized spacial score (nSPS) is 12.9. The summed E-state index contributed by atoms with van der Waals surface area (Å²) in [6.07, 6.45) is -0.479. The Balaban J connectivity index is 2.04. The van der Waals surface area contributed by atoms with Gasteiger partial charge < -0.3 is 18.9 Å². The molecule has 0 aliphatic heterocycles. The van der Waals surface area contributed by atoms with E-state index < -0.39 is 17.9 Å². The Labute approximate surface area is 132 Å². The van der Waals surface area contributed by atoms with Crippen LogP contribution < -0.4 is 0 Å². The summed E-state index contributed by atoms with van der Waals surface area (Å²) in [5, 5.41) is 0. The predicted octanol–water partition coefficient (Wildman–Crippen LogP) is 2.92. The van der Waals surface area contributed by atoms with Gasteiger partial charge in [-0.1, -0.05) is 30.3 Å². The van der Waals surface area contributed by atoms with Crippen LogP contribution in [0.3, 0.4) is 0 Å². The zero-order chi connectivity index (χ0) is 16.4. The van der Waals surface area contributed by atoms with Gasteiger partial charge in [0.05, 0.1) is 19.8 Å². The van der Waals surface area contributed by atoms with Crippen LogP contribution in [0.2, 0.25) is 0 Å². The van der Waals surface area contributed by atoms with Gasteiger partial charge in [-0.25, -0.2) is 4.79 Å². The molecular weight excluding hydrogens is 284 g/mol. The third kappa shape index (κ3) is 9.50. The summed E-state index contributed by atoms with van der Waals surface area (Å²) in [6, 6.07) is 9.93. The first-order valence-corrected chi connectivity index (χ1v) is 7.43. The highest BCUT2D eigenvalue weighted by molar-refractivity contribution is 5.71. The number of carbonyl (C=O) groups is 1. The SMILES string of the molecule is CC(OCCOCc1ccccc1)OCC(=O)OC(C)(C)C. The largest absolute Gasteiger partial charge is 0.458 e. The maximum Gasteiger partial charge on any atom is 0.332 e. The fourth-order valence-electron chi connectivity index (χ4n) is 1.64. The lowest BCUT2D eigenvalue weighted by Crippen LogP contribution is -2.28. The summed E-state index contributed by atoms with van der Waals surface area (Å²) >= 11 is 0. The molecular formula is C17H26O5. The molecule has 1 aromatic rings. The van der Waals surface area contributed by atoms with Crippen LogP contribution in [0.15, 0.2) is 30.3 Å². The van der Waals surface area contributed by atoms with Gasteiger partial charge in [0.15, 0.2) is 6.29 Å². The molecule has 0 N–H and O–H groups in total. The van der Waals surface area contributed by atoms with Crippen LogP contribution in [-0.4, -0.2) is 37.7 Å². The summed E-state index contributed by atoms with van der Waals surface area (Å²) in [6.45, 7) is 8.48. The summed E-state index contributed by atoms with van der Waals surface area (Å²) in [5.41, 5.74) is 0.618. The summed E-state index contributed by atoms with van der Waals surface area (Å²) in [7, 11) is 0. The Morgan fingerprint density at radius 2 is 1.77 bits per heavy atom. The molecule has 0 saturated heterocycles. The fourth-order valence-corrected chi connectivity index (χ4v) is 1.64. The molecule has 0 amide bonds. The highest BCUT2D eigenvalue weighted by Crippen LogP contribution is 2.07. The third-order valence-corrected chi connectivity index (χ3v) is 2.55. The van der Waals surface area contributed by atoms with Crippen molar-refractivity contribution in [2.45, 2.75) is 46.2 Å². The second kappa shape index (κ2) is 9.56. The summed E-state index contributed by atoms with van der Waals surface area (Å²) in [5.74, 6) is -0.400. The second-order valence-electron chi connectivity index (χ2n) is 5.87. The van der Waals surface area contributed by atoms with Gasteiger partial charge in [-0.2, -0.15) is 0 Å². The van der Waals surface area contributed by atoms with Gasteiger partial charge in [-0.05, 0) is 33.3 Å². The number of carbonyl (C=O) groups excluding carboxylic acids is 1. The number of hydrogen-bond acceptors (Lipinski definition) is 5. The molecule has 0 aromatic heterocycles. The molecule has 1 unspecified atom stereocenters. The van der Waals surface area contributed by atoms with E-state index in [1.807, 2.05) is 51.1 Å². The van der Waals surface area contributed by atoms with E-state index in [0.717, 1.165) is 5.56 Å². The molecule has 0 radical (unpaired) electrons. The zero-order valence-corrected chi connectivity index (χ0v) is 13.8. The number of rotatable bonds is 9. The maximum absolute atomic E-state index is 11.5. The van der Waals surface area contributed by atoms with Gasteiger partial charge in [0, 0.05) is 0 Å². The Morgan fingerprint density at radius 3 is 2.41 bits per heavy atom. The van der Waals surface area contributed by atoms with Crippen molar-refractivity contribution in [3.05, 3.63) is 35.9 Å². The van der Waals surface area contributed by atoms with Crippen molar-refractivity contribution in [1.82, 2.24) is 0 Å². The average molecular weight is 310 g/mol. The van der Waals surface area contributed by atoms with E-state index in [-0.39, 0.29) is 6.61 Å². The minimum atomic E-state index is -0.504. The van der Waals surface area contributed by atoms with Crippen LogP contribution in [0, 0.1) is 0 Å². The Hall–Kier alpha value is -1.43. The molecule has 5 nitrogen and oxygen atoms in total. The van der Waals surface area contributed by atoms with Crippen molar-refractivity contribution in [2.75, 3.05) is 19.8 Å². The van der Waals surface area contributed by atoms with Gasteiger partial charge in [0.25, 0.3) is 0 Å². The van der Waals surface area contributed by atoms with Crippen LogP contribution in [0.4, 0.5) is 0 Å². The minimum absolute atomic E-state index is 0.122. The highest BCUT2D eigenvalue weighted by Gasteiger charge is 2.17. The van der Waals surface area contributed by atoms with Crippen molar-refractivity contribution in [1.29, 1.82) is 0 Å². The monoisotopic (exact) mass is 310 g/mol. The molecule has 0 saturated carbocycles. The predicted molar refractivity (Wildman–Crippen MR) is 83.3 cm³/mol. The number of benzene rings is 1. The van der Waals surface area contributed by atoms with E-state index in [4.69, 9.17) is 18.9 Å². The molecule has 0 aliphatic carbocycles. The van der Waals surface area contributed by atoms with Crippen molar-refractivity contribution in [3.8, 4) is 0 Å². The summed E-state index contributed by atoms with van der Waals surface area (Å²) in [4.78, 5) is 11.5. The van der Waals surface area contributed by atoms with E-state index >= 15 is 0 Å². The van der Waals surface area contributed by atoms with Crippen LogP contribution in [0.25, 0.3) is 0 Å².